The van der Waals surface area contributed by atoms with E-state index in [2.05, 4.69) is 10.6 Å². The van der Waals surface area contributed by atoms with Crippen molar-refractivity contribution in [3.63, 3.8) is 0 Å². The van der Waals surface area contributed by atoms with Gasteiger partial charge >= 0.3 is 0 Å². The van der Waals surface area contributed by atoms with Crippen LogP contribution in [0.2, 0.25) is 0 Å². The van der Waals surface area contributed by atoms with Crippen molar-refractivity contribution in [2.75, 3.05) is 50.5 Å². The number of amides is 2. The van der Waals surface area contributed by atoms with Crippen molar-refractivity contribution in [2.24, 2.45) is 0 Å². The number of rotatable bonds is 7. The lowest BCUT2D eigenvalue weighted by Gasteiger charge is -2.32. The first-order valence-electron chi connectivity index (χ1n) is 10.1. The molecule has 2 amide bonds. The molecule has 1 atom stereocenters. The minimum absolute atomic E-state index is 0.0365. The van der Waals surface area contributed by atoms with Gasteiger partial charge < -0.3 is 25.2 Å². The molecular formula is C22H29FN4O3+2. The molecule has 3 rings (SSSR count). The lowest BCUT2D eigenvalue weighted by Crippen LogP contribution is -3.30. The maximum absolute atomic E-state index is 13.2. The topological polar surface area (TPSA) is 76.3 Å². The molecule has 1 heterocycles. The number of piperazine rings is 1. The summed E-state index contributed by atoms with van der Waals surface area (Å²) in [5.74, 6) is 0.147. The van der Waals surface area contributed by atoms with Crippen LogP contribution in [0.15, 0.2) is 48.5 Å². The first kappa shape index (κ1) is 21.7. The predicted molar refractivity (Wildman–Crippen MR) is 112 cm³/mol. The largest absolute Gasteiger partial charge is 0.497 e. The Kier molecular flexibility index (Phi) is 7.37. The standard InChI is InChI=1S/C22H27FN4O3/c1-16(22(29)25-19-7-4-8-20(14-19)30-2)27-11-9-26(10-12-27)15-21(28)24-18-6-3-5-17(23)13-18/h3-8,13-14,16H,9-12,15H2,1-2H3,(H,24,28)(H,25,29)/p+2/t16-/m1/s1. The van der Waals surface area contributed by atoms with Gasteiger partial charge in [-0.3, -0.25) is 9.59 Å². The molecule has 7 nitrogen and oxygen atoms in total. The van der Waals surface area contributed by atoms with Crippen LogP contribution in [0, 0.1) is 5.82 Å². The number of nitrogens with one attached hydrogen (secondary N) is 4. The number of hydrogen-bond donors (Lipinski definition) is 4. The molecule has 8 heteroatoms. The maximum atomic E-state index is 13.2. The fourth-order valence-corrected chi connectivity index (χ4v) is 3.67. The summed E-state index contributed by atoms with van der Waals surface area (Å²) < 4.78 is 18.4. The average Bonchev–Trinajstić information content (AvgIpc) is 2.74. The molecule has 2 aromatic carbocycles. The third-order valence-electron chi connectivity index (χ3n) is 5.46. The number of anilines is 2. The second-order valence-electron chi connectivity index (χ2n) is 7.59. The monoisotopic (exact) mass is 416 g/mol. The summed E-state index contributed by atoms with van der Waals surface area (Å²) in [7, 11) is 1.59. The maximum Gasteiger partial charge on any atom is 0.282 e. The summed E-state index contributed by atoms with van der Waals surface area (Å²) in [5, 5.41) is 5.69. The normalized spacial score (nSPS) is 19.6. The van der Waals surface area contributed by atoms with E-state index in [9.17, 15) is 14.0 Å². The third kappa shape index (κ3) is 6.01. The SMILES string of the molecule is COc1cccc(NC(=O)[C@@H](C)[NH+]2CC[NH+](CC(=O)Nc3cccc(F)c3)CC2)c1. The van der Waals surface area contributed by atoms with Crippen molar-refractivity contribution < 1.29 is 28.5 Å². The highest BCUT2D eigenvalue weighted by Gasteiger charge is 2.31. The molecule has 1 fully saturated rings. The second-order valence-corrected chi connectivity index (χ2v) is 7.59. The van der Waals surface area contributed by atoms with E-state index in [1.54, 1.807) is 25.3 Å². The summed E-state index contributed by atoms with van der Waals surface area (Å²) >= 11 is 0. The van der Waals surface area contributed by atoms with Crippen LogP contribution in [0.25, 0.3) is 0 Å². The summed E-state index contributed by atoms with van der Waals surface area (Å²) in [4.78, 5) is 27.2. The smallest absolute Gasteiger partial charge is 0.282 e. The van der Waals surface area contributed by atoms with E-state index in [4.69, 9.17) is 4.74 Å². The fraction of sp³-hybridized carbons (Fsp3) is 0.364. The van der Waals surface area contributed by atoms with Gasteiger partial charge in [-0.25, -0.2) is 4.39 Å². The number of methoxy groups -OCH3 is 1. The molecule has 0 radical (unpaired) electrons. The molecule has 0 saturated carbocycles. The Balaban J connectivity index is 1.44. The number of ether oxygens (including phenoxy) is 1. The highest BCUT2D eigenvalue weighted by molar-refractivity contribution is 5.93. The lowest BCUT2D eigenvalue weighted by atomic mass is 10.2. The Hall–Kier alpha value is -2.97. The number of quaternary nitrogens is 2. The van der Waals surface area contributed by atoms with Gasteiger partial charge in [0.25, 0.3) is 11.8 Å². The van der Waals surface area contributed by atoms with Gasteiger partial charge in [-0.2, -0.15) is 0 Å². The zero-order valence-electron chi connectivity index (χ0n) is 17.3. The first-order valence-corrected chi connectivity index (χ1v) is 10.1. The lowest BCUT2D eigenvalue weighted by molar-refractivity contribution is -1.01. The average molecular weight is 416 g/mol. The van der Waals surface area contributed by atoms with Crippen LogP contribution in [0.5, 0.6) is 5.75 Å². The molecule has 0 bridgehead atoms. The van der Waals surface area contributed by atoms with Gasteiger partial charge in [0.1, 0.15) is 37.7 Å². The van der Waals surface area contributed by atoms with E-state index in [1.165, 1.54) is 17.0 Å². The number of carbonyl (C=O) groups excluding carboxylic acids is 2. The van der Waals surface area contributed by atoms with Crippen LogP contribution in [-0.2, 0) is 9.59 Å². The number of benzene rings is 2. The van der Waals surface area contributed by atoms with Crippen LogP contribution in [0.1, 0.15) is 6.92 Å². The minimum atomic E-state index is -0.376. The van der Waals surface area contributed by atoms with Crippen molar-refractivity contribution in [3.05, 3.63) is 54.3 Å². The quantitative estimate of drug-likeness (QED) is 0.496. The minimum Gasteiger partial charge on any atom is -0.497 e. The first-order chi connectivity index (χ1) is 14.4. The summed E-state index contributed by atoms with van der Waals surface area (Å²) in [6, 6.07) is 13.0. The molecule has 2 aromatic rings. The van der Waals surface area contributed by atoms with Crippen molar-refractivity contribution in [2.45, 2.75) is 13.0 Å². The van der Waals surface area contributed by atoms with E-state index in [0.29, 0.717) is 23.7 Å². The number of carbonyl (C=O) groups is 2. The van der Waals surface area contributed by atoms with Gasteiger partial charge in [0.05, 0.1) is 7.11 Å². The van der Waals surface area contributed by atoms with Gasteiger partial charge in [0, 0.05) is 17.4 Å². The Morgan fingerprint density at radius 2 is 1.70 bits per heavy atom. The highest BCUT2D eigenvalue weighted by Crippen LogP contribution is 2.16. The second kappa shape index (κ2) is 10.2. The molecule has 1 saturated heterocycles. The summed E-state index contributed by atoms with van der Waals surface area (Å²) in [6.07, 6.45) is 0. The third-order valence-corrected chi connectivity index (χ3v) is 5.46. The molecule has 30 heavy (non-hydrogen) atoms. The van der Waals surface area contributed by atoms with Crippen LogP contribution < -0.4 is 25.2 Å². The van der Waals surface area contributed by atoms with E-state index in [1.807, 2.05) is 25.1 Å². The molecule has 1 aliphatic heterocycles. The summed E-state index contributed by atoms with van der Waals surface area (Å²) in [6.45, 7) is 5.44. The van der Waals surface area contributed by atoms with Crippen molar-refractivity contribution in [1.82, 2.24) is 0 Å². The Morgan fingerprint density at radius 3 is 2.37 bits per heavy atom. The van der Waals surface area contributed by atoms with Gasteiger partial charge in [-0.15, -0.1) is 0 Å². The van der Waals surface area contributed by atoms with Crippen LogP contribution in [0.4, 0.5) is 15.8 Å². The van der Waals surface area contributed by atoms with Crippen LogP contribution in [0.3, 0.4) is 0 Å². The predicted octanol–water partition coefficient (Wildman–Crippen LogP) is -0.417. The highest BCUT2D eigenvalue weighted by atomic mass is 19.1. The van der Waals surface area contributed by atoms with E-state index in [0.717, 1.165) is 31.1 Å². The Morgan fingerprint density at radius 1 is 1.03 bits per heavy atom. The van der Waals surface area contributed by atoms with Crippen molar-refractivity contribution >= 4 is 23.2 Å². The Labute approximate surface area is 175 Å². The van der Waals surface area contributed by atoms with E-state index >= 15 is 0 Å². The van der Waals surface area contributed by atoms with Gasteiger partial charge in [-0.1, -0.05) is 12.1 Å². The number of halogens is 1. The molecule has 0 spiro atoms. The fourth-order valence-electron chi connectivity index (χ4n) is 3.67. The van der Waals surface area contributed by atoms with Crippen molar-refractivity contribution in [3.8, 4) is 5.75 Å². The van der Waals surface area contributed by atoms with Gasteiger partial charge in [-0.05, 0) is 37.3 Å². The molecule has 1 aliphatic rings. The Bertz CT molecular complexity index is 884. The van der Waals surface area contributed by atoms with Crippen LogP contribution in [-0.4, -0.2) is 57.7 Å². The van der Waals surface area contributed by atoms with Crippen LogP contribution >= 0.6 is 0 Å². The van der Waals surface area contributed by atoms with Crippen molar-refractivity contribution in [1.29, 1.82) is 0 Å². The van der Waals surface area contributed by atoms with Gasteiger partial charge in [0.15, 0.2) is 12.6 Å². The number of hydrogen-bond acceptors (Lipinski definition) is 3. The molecule has 0 unspecified atom stereocenters. The zero-order valence-corrected chi connectivity index (χ0v) is 17.3. The molecule has 160 valence electrons. The van der Waals surface area contributed by atoms with E-state index in [-0.39, 0.29) is 23.7 Å². The van der Waals surface area contributed by atoms with Gasteiger partial charge in [0.2, 0.25) is 0 Å². The molecule has 0 aliphatic carbocycles. The molecule has 0 aromatic heterocycles. The van der Waals surface area contributed by atoms with E-state index < -0.39 is 0 Å². The summed E-state index contributed by atoms with van der Waals surface area (Å²) in [5.41, 5.74) is 1.18. The molecule has 4 N–H and O–H groups in total. The molecular weight excluding hydrogens is 387 g/mol. The zero-order chi connectivity index (χ0) is 21.5.